The van der Waals surface area contributed by atoms with Crippen LogP contribution < -0.4 is 18.9 Å². The van der Waals surface area contributed by atoms with Gasteiger partial charge in [-0.3, -0.25) is 9.69 Å². The van der Waals surface area contributed by atoms with Crippen LogP contribution in [0.15, 0.2) is 79.1 Å². The maximum absolute atomic E-state index is 12.1. The molecule has 0 spiro atoms. The fourth-order valence-corrected chi connectivity index (χ4v) is 6.40. The van der Waals surface area contributed by atoms with Crippen molar-refractivity contribution in [3.8, 4) is 46.1 Å². The Morgan fingerprint density at radius 1 is 1.00 bits per heavy atom. The molecular formula is C37H31ClN4O6. The van der Waals surface area contributed by atoms with Gasteiger partial charge in [-0.25, -0.2) is 9.97 Å². The number of hydrogen-bond donors (Lipinski definition) is 1. The fourth-order valence-electron chi connectivity index (χ4n) is 6.18. The number of carboxylic acids is 1. The maximum atomic E-state index is 12.1. The van der Waals surface area contributed by atoms with E-state index in [1.54, 1.807) is 30.3 Å². The van der Waals surface area contributed by atoms with Crippen LogP contribution in [0.3, 0.4) is 0 Å². The standard InChI is InChI=1S/C37H31ClN4O6/c38-29-16-26(20-42-12-2-1-9-30(42)37(43)44)32(47-21-24-6-3-5-23(15-24)19-39)18-33(29)48-36-28-8-4-7-27(35(28)40-22-41-36)25-10-11-31-34(17-25)46-14-13-45-31/h3-8,10-11,15-18,22,30H,1-2,9,12-14,20-21H2,(H,43,44)/t30-/m1/s1. The Hall–Kier alpha value is -5.37. The average Bonchev–Trinajstić information content (AvgIpc) is 3.12. The van der Waals surface area contributed by atoms with Crippen molar-refractivity contribution in [3.05, 3.63) is 101 Å². The van der Waals surface area contributed by atoms with Gasteiger partial charge in [0.05, 0.1) is 27.6 Å². The molecule has 11 heteroatoms. The number of hydrogen-bond acceptors (Lipinski definition) is 9. The Kier molecular flexibility index (Phi) is 8.97. The molecule has 48 heavy (non-hydrogen) atoms. The van der Waals surface area contributed by atoms with Crippen LogP contribution in [0.2, 0.25) is 5.02 Å². The van der Waals surface area contributed by atoms with Gasteiger partial charge in [0.25, 0.3) is 0 Å². The van der Waals surface area contributed by atoms with E-state index in [2.05, 4.69) is 16.0 Å². The molecule has 2 aliphatic heterocycles. The third-order valence-electron chi connectivity index (χ3n) is 8.53. The van der Waals surface area contributed by atoms with Crippen LogP contribution in [-0.2, 0) is 17.9 Å². The number of likely N-dealkylation sites (tertiary alicyclic amines) is 1. The van der Waals surface area contributed by atoms with E-state index in [1.807, 2.05) is 47.4 Å². The van der Waals surface area contributed by atoms with Crippen molar-refractivity contribution >= 4 is 28.5 Å². The van der Waals surface area contributed by atoms with E-state index in [4.69, 9.17) is 30.5 Å². The van der Waals surface area contributed by atoms with Crippen LogP contribution in [0, 0.1) is 11.3 Å². The second kappa shape index (κ2) is 13.8. The Bertz CT molecular complexity index is 2050. The second-order valence-corrected chi connectivity index (χ2v) is 12.1. The molecule has 0 amide bonds. The third kappa shape index (κ3) is 6.56. The first-order valence-corrected chi connectivity index (χ1v) is 16.1. The van der Waals surface area contributed by atoms with E-state index in [1.165, 1.54) is 6.33 Å². The number of nitriles is 1. The van der Waals surface area contributed by atoms with Gasteiger partial charge in [-0.15, -0.1) is 0 Å². The van der Waals surface area contributed by atoms with Crippen LogP contribution in [0.5, 0.6) is 28.9 Å². The van der Waals surface area contributed by atoms with E-state index in [0.29, 0.717) is 83.1 Å². The van der Waals surface area contributed by atoms with Gasteiger partial charge in [0.2, 0.25) is 5.88 Å². The minimum atomic E-state index is -0.845. The van der Waals surface area contributed by atoms with Crippen molar-refractivity contribution < 1.29 is 28.8 Å². The van der Waals surface area contributed by atoms with Crippen LogP contribution in [0.25, 0.3) is 22.0 Å². The van der Waals surface area contributed by atoms with Gasteiger partial charge in [-0.1, -0.05) is 48.4 Å². The fraction of sp³-hybridized carbons (Fsp3) is 0.243. The highest BCUT2D eigenvalue weighted by atomic mass is 35.5. The molecule has 0 aliphatic carbocycles. The lowest BCUT2D eigenvalue weighted by Crippen LogP contribution is -2.44. The molecule has 7 rings (SSSR count). The predicted molar refractivity (Wildman–Crippen MR) is 179 cm³/mol. The summed E-state index contributed by atoms with van der Waals surface area (Å²) in [5, 5.41) is 20.2. The first-order valence-electron chi connectivity index (χ1n) is 15.7. The molecule has 0 saturated carbocycles. The number of halogens is 1. The number of aliphatic carboxylic acids is 1. The summed E-state index contributed by atoms with van der Waals surface area (Å²) in [4.78, 5) is 23.0. The number of ether oxygens (including phenoxy) is 4. The van der Waals surface area contributed by atoms with E-state index < -0.39 is 12.0 Å². The number of benzene rings is 4. The summed E-state index contributed by atoms with van der Waals surface area (Å²) in [6, 6.07) is 23.8. The Balaban J connectivity index is 1.23. The Morgan fingerprint density at radius 3 is 2.71 bits per heavy atom. The summed E-state index contributed by atoms with van der Waals surface area (Å²) in [7, 11) is 0. The smallest absolute Gasteiger partial charge is 0.320 e. The third-order valence-corrected chi connectivity index (χ3v) is 8.82. The Labute approximate surface area is 282 Å². The maximum Gasteiger partial charge on any atom is 0.320 e. The summed E-state index contributed by atoms with van der Waals surface area (Å²) < 4.78 is 24.2. The molecule has 0 unspecified atom stereocenters. The minimum Gasteiger partial charge on any atom is -0.488 e. The van der Waals surface area contributed by atoms with Crippen LogP contribution in [0.1, 0.15) is 36.0 Å². The molecule has 4 aromatic carbocycles. The zero-order valence-electron chi connectivity index (χ0n) is 25.9. The van der Waals surface area contributed by atoms with Crippen molar-refractivity contribution in [2.24, 2.45) is 0 Å². The first-order chi connectivity index (χ1) is 23.5. The number of para-hydroxylation sites is 1. The lowest BCUT2D eigenvalue weighted by atomic mass is 10.0. The summed E-state index contributed by atoms with van der Waals surface area (Å²) in [6.07, 6.45) is 3.80. The van der Waals surface area contributed by atoms with E-state index in [9.17, 15) is 15.2 Å². The molecular weight excluding hydrogens is 632 g/mol. The van der Waals surface area contributed by atoms with Gasteiger partial charge in [0.1, 0.15) is 37.9 Å². The van der Waals surface area contributed by atoms with Crippen LogP contribution in [0.4, 0.5) is 0 Å². The molecule has 1 N–H and O–H groups in total. The SMILES string of the molecule is N#Cc1cccc(COc2cc(Oc3ncnc4c(-c5ccc6c(c5)OCCO6)cccc34)c(Cl)cc2CN2CCCC[C@@H]2C(=O)O)c1. The average molecular weight is 663 g/mol. The molecule has 10 nitrogen and oxygen atoms in total. The van der Waals surface area contributed by atoms with Crippen molar-refractivity contribution in [3.63, 3.8) is 0 Å². The predicted octanol–water partition coefficient (Wildman–Crippen LogP) is 7.40. The molecule has 1 aromatic heterocycles. The molecule has 1 saturated heterocycles. The summed E-state index contributed by atoms with van der Waals surface area (Å²) in [5.74, 6) is 1.66. The molecule has 3 heterocycles. The van der Waals surface area contributed by atoms with E-state index in [-0.39, 0.29) is 6.61 Å². The van der Waals surface area contributed by atoms with Crippen molar-refractivity contribution in [2.45, 2.75) is 38.5 Å². The molecule has 0 bridgehead atoms. The molecule has 5 aromatic rings. The first kappa shape index (κ1) is 31.2. The number of carbonyl (C=O) groups is 1. The largest absolute Gasteiger partial charge is 0.488 e. The molecule has 1 fully saturated rings. The van der Waals surface area contributed by atoms with Crippen molar-refractivity contribution in [1.82, 2.24) is 14.9 Å². The summed E-state index contributed by atoms with van der Waals surface area (Å²) in [5.41, 5.74) is 4.53. The highest BCUT2D eigenvalue weighted by Gasteiger charge is 2.29. The number of aromatic nitrogens is 2. The molecule has 242 valence electrons. The van der Waals surface area contributed by atoms with Crippen molar-refractivity contribution in [1.29, 1.82) is 5.26 Å². The van der Waals surface area contributed by atoms with Gasteiger partial charge < -0.3 is 24.1 Å². The summed E-state index contributed by atoms with van der Waals surface area (Å²) in [6.45, 7) is 2.17. The summed E-state index contributed by atoms with van der Waals surface area (Å²) >= 11 is 6.85. The topological polar surface area (TPSA) is 127 Å². The van der Waals surface area contributed by atoms with E-state index >= 15 is 0 Å². The molecule has 0 radical (unpaired) electrons. The lowest BCUT2D eigenvalue weighted by Gasteiger charge is -2.33. The van der Waals surface area contributed by atoms with Gasteiger partial charge in [0.15, 0.2) is 17.2 Å². The van der Waals surface area contributed by atoms with Gasteiger partial charge in [0, 0.05) is 23.7 Å². The minimum absolute atomic E-state index is 0.182. The number of piperidine rings is 1. The molecule has 2 aliphatic rings. The van der Waals surface area contributed by atoms with Crippen molar-refractivity contribution in [2.75, 3.05) is 19.8 Å². The van der Waals surface area contributed by atoms with Crippen LogP contribution >= 0.6 is 11.6 Å². The second-order valence-electron chi connectivity index (χ2n) is 11.7. The lowest BCUT2D eigenvalue weighted by molar-refractivity contribution is -0.144. The highest BCUT2D eigenvalue weighted by Crippen LogP contribution is 2.41. The van der Waals surface area contributed by atoms with Crippen LogP contribution in [-0.4, -0.2) is 51.7 Å². The van der Waals surface area contributed by atoms with Gasteiger partial charge in [-0.2, -0.15) is 5.26 Å². The zero-order valence-corrected chi connectivity index (χ0v) is 26.7. The number of fused-ring (bicyclic) bond motifs is 2. The quantitative estimate of drug-likeness (QED) is 0.170. The monoisotopic (exact) mass is 662 g/mol. The zero-order chi connectivity index (χ0) is 33.0. The van der Waals surface area contributed by atoms with Gasteiger partial charge >= 0.3 is 5.97 Å². The van der Waals surface area contributed by atoms with E-state index in [0.717, 1.165) is 35.1 Å². The Morgan fingerprint density at radius 2 is 1.85 bits per heavy atom. The normalized spacial score (nSPS) is 15.9. The number of rotatable bonds is 9. The number of nitrogens with zero attached hydrogens (tertiary/aromatic N) is 4. The number of carboxylic acid groups (broad SMARTS) is 1. The molecule has 1 atom stereocenters. The highest BCUT2D eigenvalue weighted by molar-refractivity contribution is 6.32. The van der Waals surface area contributed by atoms with Gasteiger partial charge in [-0.05, 0) is 66.9 Å².